The molecule has 166 valence electrons. The van der Waals surface area contributed by atoms with Crippen molar-refractivity contribution in [1.29, 1.82) is 0 Å². The second kappa shape index (κ2) is 7.47. The molecule has 0 saturated carbocycles. The maximum Gasteiger partial charge on any atom is 0.436 e. The van der Waals surface area contributed by atoms with Crippen LogP contribution in [0.15, 0.2) is 10.5 Å². The van der Waals surface area contributed by atoms with Crippen LogP contribution in [0.3, 0.4) is 0 Å². The van der Waals surface area contributed by atoms with E-state index in [-0.39, 0.29) is 26.3 Å². The number of pyridine rings is 1. The van der Waals surface area contributed by atoms with Crippen molar-refractivity contribution in [2.75, 3.05) is 5.32 Å². The summed E-state index contributed by atoms with van der Waals surface area (Å²) in [6.07, 6.45) is -9.61. The van der Waals surface area contributed by atoms with Crippen LogP contribution in [0.5, 0.6) is 0 Å². The maximum absolute atomic E-state index is 13.1. The number of alkyl halides is 6. The zero-order valence-corrected chi connectivity index (χ0v) is 17.8. The van der Waals surface area contributed by atoms with Gasteiger partial charge in [0.15, 0.2) is 5.69 Å². The Balaban J connectivity index is 2.16. The van der Waals surface area contributed by atoms with E-state index in [1.165, 1.54) is 6.92 Å². The fraction of sp³-hybridized carbons (Fsp3) is 0.250. The van der Waals surface area contributed by atoms with Crippen LogP contribution in [-0.4, -0.2) is 26.6 Å². The highest BCUT2D eigenvalue weighted by Crippen LogP contribution is 2.41. The van der Waals surface area contributed by atoms with E-state index in [0.29, 0.717) is 16.0 Å². The van der Waals surface area contributed by atoms with Crippen molar-refractivity contribution in [3.63, 3.8) is 0 Å². The zero-order chi connectivity index (χ0) is 23.5. The molecule has 0 fully saturated rings. The largest absolute Gasteiger partial charge is 0.436 e. The highest BCUT2D eigenvalue weighted by atomic mass is 79.9. The number of halogens is 7. The van der Waals surface area contributed by atoms with Gasteiger partial charge < -0.3 is 11.1 Å². The zero-order valence-electron chi connectivity index (χ0n) is 15.4. The maximum atomic E-state index is 13.1. The molecule has 0 unspecified atom stereocenters. The number of carbonyl (C=O) groups is 2. The number of aryl methyl sites for hydroxylation is 2. The van der Waals surface area contributed by atoms with Gasteiger partial charge in [-0.1, -0.05) is 0 Å². The predicted molar refractivity (Wildman–Crippen MR) is 102 cm³/mol. The number of hydrogen-bond donors (Lipinski definition) is 2. The van der Waals surface area contributed by atoms with E-state index >= 15 is 0 Å². The van der Waals surface area contributed by atoms with Crippen molar-refractivity contribution >= 4 is 55.0 Å². The second-order valence-corrected chi connectivity index (χ2v) is 8.05. The Kier molecular flexibility index (Phi) is 5.54. The molecule has 0 radical (unpaired) electrons. The van der Waals surface area contributed by atoms with Gasteiger partial charge in [0, 0.05) is 12.4 Å². The predicted octanol–water partition coefficient (Wildman–Crippen LogP) is 4.49. The number of thiophene rings is 1. The number of hydrogen-bond acceptors (Lipinski definition) is 5. The third kappa shape index (κ3) is 4.11. The van der Waals surface area contributed by atoms with Gasteiger partial charge in [-0.2, -0.15) is 31.4 Å². The summed E-state index contributed by atoms with van der Waals surface area (Å²) in [5.74, 6) is -2.16. The third-order valence-corrected chi connectivity index (χ3v) is 5.93. The van der Waals surface area contributed by atoms with Crippen LogP contribution in [0.25, 0.3) is 10.2 Å². The fourth-order valence-corrected chi connectivity index (χ4v) is 4.62. The van der Waals surface area contributed by atoms with E-state index in [1.54, 1.807) is 0 Å². The number of fused-ring (bicyclic) bond motifs is 1. The van der Waals surface area contributed by atoms with Crippen molar-refractivity contribution < 1.29 is 35.9 Å². The second-order valence-electron chi connectivity index (χ2n) is 6.26. The van der Waals surface area contributed by atoms with Crippen molar-refractivity contribution in [3.8, 4) is 0 Å². The van der Waals surface area contributed by atoms with E-state index in [9.17, 15) is 35.9 Å². The molecule has 0 bridgehead atoms. The van der Waals surface area contributed by atoms with Crippen LogP contribution in [0.1, 0.15) is 37.1 Å². The lowest BCUT2D eigenvalue weighted by atomic mass is 10.1. The fourth-order valence-electron chi connectivity index (χ4n) is 2.82. The molecule has 0 saturated heterocycles. The number of nitrogens with one attached hydrogen (secondary N) is 1. The Morgan fingerprint density at radius 2 is 1.81 bits per heavy atom. The number of carbonyl (C=O) groups excluding carboxylic acids is 2. The van der Waals surface area contributed by atoms with E-state index in [2.05, 4.69) is 31.3 Å². The molecule has 0 aliphatic carbocycles. The van der Waals surface area contributed by atoms with Gasteiger partial charge in [-0.15, -0.1) is 11.3 Å². The monoisotopic (exact) mass is 529 g/mol. The average molecular weight is 530 g/mol. The topological polar surface area (TPSA) is 103 Å². The number of nitrogens with two attached hydrogens (primary N) is 1. The van der Waals surface area contributed by atoms with Gasteiger partial charge in [0.2, 0.25) is 0 Å². The lowest BCUT2D eigenvalue weighted by Crippen LogP contribution is -2.19. The lowest BCUT2D eigenvalue weighted by molar-refractivity contribution is -0.142. The molecule has 3 heterocycles. The molecule has 2 amide bonds. The summed E-state index contributed by atoms with van der Waals surface area (Å²) in [5.41, 5.74) is 1.97. The summed E-state index contributed by atoms with van der Waals surface area (Å²) in [6, 6.07) is 0.719. The van der Waals surface area contributed by atoms with Crippen LogP contribution in [0.4, 0.5) is 32.0 Å². The summed E-state index contributed by atoms with van der Waals surface area (Å²) in [5, 5.41) is 5.54. The first-order valence-corrected chi connectivity index (χ1v) is 9.66. The Hall–Kier alpha value is -2.68. The smallest absolute Gasteiger partial charge is 0.365 e. The quantitative estimate of drug-likeness (QED) is 0.488. The molecule has 3 N–H and O–H groups in total. The normalized spacial score (nSPS) is 12.4. The van der Waals surface area contributed by atoms with Crippen molar-refractivity contribution in [2.24, 2.45) is 12.8 Å². The number of primary amides is 1. The Bertz CT molecular complexity index is 1230. The van der Waals surface area contributed by atoms with E-state index in [0.717, 1.165) is 13.1 Å². The van der Waals surface area contributed by atoms with E-state index in [1.807, 2.05) is 0 Å². The van der Waals surface area contributed by atoms with Crippen LogP contribution >= 0.6 is 27.3 Å². The highest BCUT2D eigenvalue weighted by molar-refractivity contribution is 9.10. The van der Waals surface area contributed by atoms with Gasteiger partial charge in [0.1, 0.15) is 21.1 Å². The molecule has 3 aromatic rings. The Labute approximate surface area is 181 Å². The van der Waals surface area contributed by atoms with Gasteiger partial charge in [0.25, 0.3) is 11.8 Å². The first-order valence-electron chi connectivity index (χ1n) is 8.05. The number of amides is 2. The van der Waals surface area contributed by atoms with Gasteiger partial charge in [-0.05, 0) is 34.5 Å². The highest BCUT2D eigenvalue weighted by Gasteiger charge is 2.40. The van der Waals surface area contributed by atoms with Crippen LogP contribution in [-0.2, 0) is 19.4 Å². The number of nitrogens with zero attached hydrogens (tertiary/aromatic N) is 3. The SMILES string of the molecule is Cc1cc(C(F)(F)F)nc2sc(C(N)=O)c(NC(=O)c3c(Br)c(C(F)(F)F)nn3C)c12. The molecule has 0 aliphatic heterocycles. The molecule has 3 aromatic heterocycles. The molecule has 3 rings (SSSR count). The molecule has 0 aliphatic rings. The standard InChI is InChI=1S/C16H10BrF6N5O2S/c1-4-3-5(15(18,19)20)25-14-6(4)8(10(31-14)12(24)29)26-13(30)9-7(17)11(16(21,22)23)27-28(9)2/h3H,1-2H3,(H2,24,29)(H,26,30). The van der Waals surface area contributed by atoms with Crippen molar-refractivity contribution in [1.82, 2.24) is 14.8 Å². The minimum absolute atomic E-state index is 0.00878. The summed E-state index contributed by atoms with van der Waals surface area (Å²) in [4.78, 5) is 27.5. The summed E-state index contributed by atoms with van der Waals surface area (Å²) in [6.45, 7) is 1.30. The number of rotatable bonds is 3. The first-order chi connectivity index (χ1) is 14.1. The Morgan fingerprint density at radius 3 is 2.29 bits per heavy atom. The average Bonchev–Trinajstić information content (AvgIpc) is 3.11. The molecular weight excluding hydrogens is 520 g/mol. The molecule has 0 atom stereocenters. The molecule has 7 nitrogen and oxygen atoms in total. The van der Waals surface area contributed by atoms with Gasteiger partial charge >= 0.3 is 12.4 Å². The number of aromatic nitrogens is 3. The minimum Gasteiger partial charge on any atom is -0.365 e. The molecule has 31 heavy (non-hydrogen) atoms. The molecule has 15 heteroatoms. The van der Waals surface area contributed by atoms with Gasteiger partial charge in [-0.25, -0.2) is 4.98 Å². The van der Waals surface area contributed by atoms with Crippen LogP contribution in [0.2, 0.25) is 0 Å². The van der Waals surface area contributed by atoms with E-state index in [4.69, 9.17) is 5.73 Å². The molecule has 0 aromatic carbocycles. The molecule has 0 spiro atoms. The summed E-state index contributed by atoms with van der Waals surface area (Å²) in [7, 11) is 1.10. The van der Waals surface area contributed by atoms with Gasteiger partial charge in [-0.3, -0.25) is 14.3 Å². The minimum atomic E-state index is -4.85. The third-order valence-electron chi connectivity index (χ3n) is 4.08. The van der Waals surface area contributed by atoms with Gasteiger partial charge in [0.05, 0.1) is 10.2 Å². The van der Waals surface area contributed by atoms with Crippen LogP contribution < -0.4 is 11.1 Å². The van der Waals surface area contributed by atoms with Crippen LogP contribution in [0, 0.1) is 6.92 Å². The lowest BCUT2D eigenvalue weighted by Gasteiger charge is -2.10. The van der Waals surface area contributed by atoms with Crippen molar-refractivity contribution in [3.05, 3.63) is 38.1 Å². The first kappa shape index (κ1) is 23.0. The Morgan fingerprint density at radius 1 is 1.19 bits per heavy atom. The summed E-state index contributed by atoms with van der Waals surface area (Å²) < 4.78 is 78.3. The van der Waals surface area contributed by atoms with Crippen molar-refractivity contribution in [2.45, 2.75) is 19.3 Å². The molecular formula is C16H10BrF6N5O2S. The van der Waals surface area contributed by atoms with E-state index < -0.39 is 45.7 Å². The summed E-state index contributed by atoms with van der Waals surface area (Å²) >= 11 is 3.21. The number of anilines is 1.